The number of carbonyl (C=O) groups excluding carboxylic acids is 1. The molecule has 0 aromatic rings. The van der Waals surface area contributed by atoms with E-state index in [1.54, 1.807) is 0 Å². The maximum absolute atomic E-state index is 12.4. The first kappa shape index (κ1) is 21.6. The predicted molar refractivity (Wildman–Crippen MR) is 105 cm³/mol. The van der Waals surface area contributed by atoms with Crippen molar-refractivity contribution in [1.82, 2.24) is 14.5 Å². The first-order valence-electron chi connectivity index (χ1n) is 10.3. The Balaban J connectivity index is 1.70. The SMILES string of the molecule is CCCS(=O)(=O)N1CCC[C@@H](C(=O)NCCCN2C[C@H](C)C[C@H](C)C2)C1. The Bertz CT molecular complexity index is 542. The van der Waals surface area contributed by atoms with Crippen molar-refractivity contribution in [3.05, 3.63) is 0 Å². The van der Waals surface area contributed by atoms with Crippen molar-refractivity contribution in [3.63, 3.8) is 0 Å². The van der Waals surface area contributed by atoms with Gasteiger partial charge in [0, 0.05) is 32.7 Å². The van der Waals surface area contributed by atoms with Crippen molar-refractivity contribution in [2.45, 2.75) is 52.9 Å². The number of rotatable bonds is 8. The molecule has 6 nitrogen and oxygen atoms in total. The van der Waals surface area contributed by atoms with Crippen LogP contribution in [-0.4, -0.2) is 68.6 Å². The number of sulfonamides is 1. The third kappa shape index (κ3) is 6.50. The molecule has 2 aliphatic rings. The molecule has 2 aliphatic heterocycles. The van der Waals surface area contributed by atoms with E-state index in [2.05, 4.69) is 24.1 Å². The molecule has 152 valence electrons. The Morgan fingerprint density at radius 3 is 2.50 bits per heavy atom. The molecule has 0 radical (unpaired) electrons. The topological polar surface area (TPSA) is 69.7 Å². The number of likely N-dealkylation sites (tertiary alicyclic amines) is 1. The van der Waals surface area contributed by atoms with Crippen LogP contribution in [0.1, 0.15) is 52.9 Å². The lowest BCUT2D eigenvalue weighted by atomic mass is 9.92. The van der Waals surface area contributed by atoms with E-state index in [0.29, 0.717) is 26.1 Å². The quantitative estimate of drug-likeness (QED) is 0.646. The van der Waals surface area contributed by atoms with Gasteiger partial charge in [0.1, 0.15) is 0 Å². The summed E-state index contributed by atoms with van der Waals surface area (Å²) in [5.74, 6) is 1.50. The van der Waals surface area contributed by atoms with E-state index in [-0.39, 0.29) is 17.6 Å². The van der Waals surface area contributed by atoms with E-state index < -0.39 is 10.0 Å². The molecule has 0 bridgehead atoms. The highest BCUT2D eigenvalue weighted by molar-refractivity contribution is 7.89. The summed E-state index contributed by atoms with van der Waals surface area (Å²) in [4.78, 5) is 14.9. The number of amides is 1. The van der Waals surface area contributed by atoms with Gasteiger partial charge in [-0.1, -0.05) is 20.8 Å². The molecule has 2 saturated heterocycles. The maximum Gasteiger partial charge on any atom is 0.224 e. The second-order valence-corrected chi connectivity index (χ2v) is 10.5. The average molecular weight is 388 g/mol. The zero-order chi connectivity index (χ0) is 19.2. The molecule has 0 aromatic carbocycles. The monoisotopic (exact) mass is 387 g/mol. The van der Waals surface area contributed by atoms with Crippen molar-refractivity contribution in [3.8, 4) is 0 Å². The second kappa shape index (κ2) is 10.0. The number of hydrogen-bond donors (Lipinski definition) is 1. The van der Waals surface area contributed by atoms with Gasteiger partial charge in [-0.25, -0.2) is 12.7 Å². The van der Waals surface area contributed by atoms with Crippen molar-refractivity contribution in [2.24, 2.45) is 17.8 Å². The Kier molecular flexibility index (Phi) is 8.36. The molecule has 3 atom stereocenters. The molecule has 1 amide bonds. The first-order valence-corrected chi connectivity index (χ1v) is 11.9. The standard InChI is InChI=1S/C19H37N3O3S/c1-4-11-26(24,25)22-10-5-7-18(15-22)19(23)20-8-6-9-21-13-16(2)12-17(3)14-21/h16-18H,4-15H2,1-3H3,(H,20,23)/t16-,17+,18-/m1/s1. The van der Waals surface area contributed by atoms with Gasteiger partial charge in [0.05, 0.1) is 11.7 Å². The minimum absolute atomic E-state index is 0.0155. The smallest absolute Gasteiger partial charge is 0.224 e. The van der Waals surface area contributed by atoms with E-state index >= 15 is 0 Å². The Morgan fingerprint density at radius 2 is 1.85 bits per heavy atom. The van der Waals surface area contributed by atoms with E-state index in [1.807, 2.05) is 6.92 Å². The third-order valence-electron chi connectivity index (χ3n) is 5.51. The number of nitrogens with zero attached hydrogens (tertiary/aromatic N) is 2. The van der Waals surface area contributed by atoms with Gasteiger partial charge in [-0.15, -0.1) is 0 Å². The van der Waals surface area contributed by atoms with Gasteiger partial charge in [0.15, 0.2) is 0 Å². The van der Waals surface area contributed by atoms with E-state index in [0.717, 1.165) is 50.7 Å². The van der Waals surface area contributed by atoms with E-state index in [9.17, 15) is 13.2 Å². The summed E-state index contributed by atoms with van der Waals surface area (Å²) in [5.41, 5.74) is 0. The number of hydrogen-bond acceptors (Lipinski definition) is 4. The van der Waals surface area contributed by atoms with Crippen molar-refractivity contribution in [2.75, 3.05) is 45.0 Å². The van der Waals surface area contributed by atoms with Crippen molar-refractivity contribution in [1.29, 1.82) is 0 Å². The fourth-order valence-corrected chi connectivity index (χ4v) is 6.02. The summed E-state index contributed by atoms with van der Waals surface area (Å²) in [6.07, 6.45) is 4.43. The third-order valence-corrected chi connectivity index (χ3v) is 7.55. The van der Waals surface area contributed by atoms with Crippen LogP contribution in [-0.2, 0) is 14.8 Å². The molecule has 2 heterocycles. The van der Waals surface area contributed by atoms with Crippen LogP contribution in [0.4, 0.5) is 0 Å². The molecule has 0 saturated carbocycles. The van der Waals surface area contributed by atoms with Crippen LogP contribution in [0.5, 0.6) is 0 Å². The fraction of sp³-hybridized carbons (Fsp3) is 0.947. The molecule has 1 N–H and O–H groups in total. The van der Waals surface area contributed by atoms with Crippen LogP contribution in [0.3, 0.4) is 0 Å². The first-order chi connectivity index (χ1) is 12.3. The minimum atomic E-state index is -3.20. The van der Waals surface area contributed by atoms with Crippen LogP contribution in [0.25, 0.3) is 0 Å². The van der Waals surface area contributed by atoms with Crippen LogP contribution >= 0.6 is 0 Å². The summed E-state index contributed by atoms with van der Waals surface area (Å²) in [6, 6.07) is 0. The number of piperidine rings is 2. The van der Waals surface area contributed by atoms with Gasteiger partial charge in [-0.05, 0) is 50.5 Å². The van der Waals surface area contributed by atoms with Gasteiger partial charge >= 0.3 is 0 Å². The zero-order valence-electron chi connectivity index (χ0n) is 16.7. The van der Waals surface area contributed by atoms with Gasteiger partial charge < -0.3 is 10.2 Å². The number of carbonyl (C=O) groups is 1. The second-order valence-electron chi connectivity index (χ2n) is 8.36. The van der Waals surface area contributed by atoms with Crippen molar-refractivity contribution >= 4 is 15.9 Å². The molecule has 26 heavy (non-hydrogen) atoms. The summed E-state index contributed by atoms with van der Waals surface area (Å²) < 4.78 is 26.0. The van der Waals surface area contributed by atoms with Crippen LogP contribution < -0.4 is 5.32 Å². The lowest BCUT2D eigenvalue weighted by Gasteiger charge is -2.35. The van der Waals surface area contributed by atoms with Crippen LogP contribution in [0.15, 0.2) is 0 Å². The molecule has 2 fully saturated rings. The highest BCUT2D eigenvalue weighted by Gasteiger charge is 2.31. The largest absolute Gasteiger partial charge is 0.356 e. The Labute approximate surface area is 159 Å². The molecule has 7 heteroatoms. The van der Waals surface area contributed by atoms with Crippen LogP contribution in [0.2, 0.25) is 0 Å². The highest BCUT2D eigenvalue weighted by Crippen LogP contribution is 2.21. The molecule has 0 unspecified atom stereocenters. The van der Waals surface area contributed by atoms with Crippen LogP contribution in [0, 0.1) is 17.8 Å². The molecule has 0 spiro atoms. The normalized spacial score (nSPS) is 28.8. The molecular weight excluding hydrogens is 350 g/mol. The molecule has 0 aromatic heterocycles. The Morgan fingerprint density at radius 1 is 1.15 bits per heavy atom. The minimum Gasteiger partial charge on any atom is -0.356 e. The summed E-state index contributed by atoms with van der Waals surface area (Å²) in [6.45, 7) is 11.4. The highest BCUT2D eigenvalue weighted by atomic mass is 32.2. The Hall–Kier alpha value is -0.660. The number of nitrogens with one attached hydrogen (secondary N) is 1. The summed E-state index contributed by atoms with van der Waals surface area (Å²) in [7, 11) is -3.20. The van der Waals surface area contributed by atoms with E-state index in [4.69, 9.17) is 0 Å². The van der Waals surface area contributed by atoms with Gasteiger partial charge in [0.2, 0.25) is 15.9 Å². The van der Waals surface area contributed by atoms with E-state index in [1.165, 1.54) is 10.7 Å². The summed E-state index contributed by atoms with van der Waals surface area (Å²) >= 11 is 0. The van der Waals surface area contributed by atoms with Gasteiger partial charge in [0.25, 0.3) is 0 Å². The molecule has 2 rings (SSSR count). The van der Waals surface area contributed by atoms with Crippen molar-refractivity contribution < 1.29 is 13.2 Å². The predicted octanol–water partition coefficient (Wildman–Crippen LogP) is 1.92. The average Bonchev–Trinajstić information content (AvgIpc) is 2.58. The lowest BCUT2D eigenvalue weighted by molar-refractivity contribution is -0.126. The summed E-state index contributed by atoms with van der Waals surface area (Å²) in [5, 5.41) is 3.03. The fourth-order valence-electron chi connectivity index (χ4n) is 4.43. The van der Waals surface area contributed by atoms with Gasteiger partial charge in [-0.3, -0.25) is 4.79 Å². The molecule has 0 aliphatic carbocycles. The maximum atomic E-state index is 12.4. The molecular formula is C19H37N3O3S. The lowest BCUT2D eigenvalue weighted by Crippen LogP contribution is -2.46. The van der Waals surface area contributed by atoms with Gasteiger partial charge in [-0.2, -0.15) is 0 Å². The zero-order valence-corrected chi connectivity index (χ0v) is 17.6.